The van der Waals surface area contributed by atoms with Gasteiger partial charge >= 0.3 is 5.97 Å². The van der Waals surface area contributed by atoms with Gasteiger partial charge in [-0.15, -0.1) is 0 Å². The smallest absolute Gasteiger partial charge is 0.326 e. The van der Waals surface area contributed by atoms with Gasteiger partial charge in [0.1, 0.15) is 54.1 Å². The number of aromatic amines is 1. The van der Waals surface area contributed by atoms with E-state index in [9.17, 15) is 58.2 Å². The summed E-state index contributed by atoms with van der Waals surface area (Å²) in [7, 11) is 0. The molecule has 11 atom stereocenters. The Balaban J connectivity index is 2.43. The molecular weight excluding hydrogens is 1090 g/mol. The maximum atomic E-state index is 14.5. The first-order valence-corrected chi connectivity index (χ1v) is 28.9. The van der Waals surface area contributed by atoms with E-state index in [1.165, 1.54) is 24.7 Å². The highest BCUT2D eigenvalue weighted by atomic mass is 16.4. The van der Waals surface area contributed by atoms with Crippen LogP contribution in [0.15, 0.2) is 41.8 Å². The lowest BCUT2D eigenvalue weighted by atomic mass is 9.96. The van der Waals surface area contributed by atoms with Crippen molar-refractivity contribution in [3.8, 4) is 5.75 Å². The van der Waals surface area contributed by atoms with Crippen molar-refractivity contribution in [3.05, 3.63) is 48.0 Å². The van der Waals surface area contributed by atoms with Gasteiger partial charge in [-0.05, 0) is 78.9 Å². The van der Waals surface area contributed by atoms with Gasteiger partial charge in [-0.2, -0.15) is 0 Å². The zero-order chi connectivity index (χ0) is 63.5. The van der Waals surface area contributed by atoms with E-state index >= 15 is 0 Å². The number of aromatic hydroxyl groups is 1. The minimum atomic E-state index is -1.39. The third-order valence-corrected chi connectivity index (χ3v) is 14.2. The molecule has 27 heteroatoms. The molecule has 0 saturated heterocycles. The number of carboxylic acids is 1. The molecule has 0 saturated carbocycles. The fraction of sp³-hybridized carbons (Fsp3) is 0.649. The van der Waals surface area contributed by atoms with E-state index in [1.807, 2.05) is 13.8 Å². The first kappa shape index (κ1) is 72.3. The molecule has 84 heavy (non-hydrogen) atoms. The maximum absolute atomic E-state index is 14.5. The number of aliphatic imine (C=N–C) groups is 1. The van der Waals surface area contributed by atoms with Crippen molar-refractivity contribution in [2.45, 2.75) is 189 Å². The molecule has 0 aliphatic carbocycles. The van der Waals surface area contributed by atoms with Crippen molar-refractivity contribution in [1.82, 2.24) is 57.8 Å². The van der Waals surface area contributed by atoms with Gasteiger partial charge in [0.15, 0.2) is 5.96 Å². The maximum Gasteiger partial charge on any atom is 0.326 e. The highest BCUT2D eigenvalue weighted by molar-refractivity contribution is 5.98. The normalized spacial score (nSPS) is 15.3. The predicted molar refractivity (Wildman–Crippen MR) is 316 cm³/mol. The highest BCUT2D eigenvalue weighted by Gasteiger charge is 2.37. The SMILES string of the molecule is CC[C@H](C)[C@H](NC(=O)[C@H](CCCN=C(N)N)NC(=O)[C@@H](NC(=O)[C@@H](N)C(C)C)C(C)C)C(=O)NCC(=O)N[C@@H](Cc1cnc[nH]1)C(=O)N[C@@H](CC(C)C)C(=O)N[C@@H](Cc1ccc(O)cc1)C(=O)N[C@H](C(=O)N[C@@H](CC(C)C)C(=O)O)[C@@H](C)CC. The summed E-state index contributed by atoms with van der Waals surface area (Å²) in [5, 5.41) is 43.9. The molecule has 18 N–H and O–H groups in total. The molecule has 1 heterocycles. The lowest BCUT2D eigenvalue weighted by Gasteiger charge is -2.29. The number of phenols is 1. The number of amides is 9. The quantitative estimate of drug-likeness (QED) is 0.0238. The van der Waals surface area contributed by atoms with Gasteiger partial charge in [0.2, 0.25) is 53.2 Å². The van der Waals surface area contributed by atoms with Crippen LogP contribution in [0.4, 0.5) is 0 Å². The van der Waals surface area contributed by atoms with Gasteiger partial charge in [-0.3, -0.25) is 48.1 Å². The summed E-state index contributed by atoms with van der Waals surface area (Å²) in [6.45, 7) is 20.6. The first-order valence-electron chi connectivity index (χ1n) is 28.9. The Morgan fingerprint density at radius 1 is 0.571 bits per heavy atom. The summed E-state index contributed by atoms with van der Waals surface area (Å²) in [5.74, 6) is -10.2. The van der Waals surface area contributed by atoms with Crippen LogP contribution in [-0.4, -0.2) is 153 Å². The van der Waals surface area contributed by atoms with E-state index in [-0.39, 0.29) is 74.5 Å². The molecule has 0 bridgehead atoms. The summed E-state index contributed by atoms with van der Waals surface area (Å²) >= 11 is 0. The average Bonchev–Trinajstić information content (AvgIpc) is 4.05. The number of hydrogen-bond donors (Lipinski definition) is 15. The standard InChI is InChI=1S/C57H95N15O12/c1-13-33(11)46(71-48(75)38(16-15-21-62-57(59)60)66-54(81)45(32(9)10)70-52(79)44(58)31(7)8)53(80)63-27-43(74)65-41(25-36-26-61-28-64-36)50(77)67-39(22-29(3)4)49(76)68-40(24-35-17-19-37(73)20-18-35)51(78)72-47(34(12)14-2)55(82)69-42(56(83)84)23-30(5)6/h17-20,26,28-34,38-42,44-47,73H,13-16,21-25,27,58H2,1-12H3,(H,61,64)(H,63,80)(H,65,74)(H,66,81)(H,67,77)(H,68,76)(H,69,82)(H,70,79)(H,71,75)(H,72,78)(H,83,84)(H4,59,60,62)/t33-,34-,38-,39-,40-,41-,42-,44-,45-,46-,47-/m0/s1. The number of hydrogen-bond acceptors (Lipinski definition) is 14. The number of nitrogens with two attached hydrogens (primary N) is 3. The molecule has 470 valence electrons. The van der Waals surface area contributed by atoms with Crippen LogP contribution < -0.4 is 65.1 Å². The van der Waals surface area contributed by atoms with Gasteiger partial charge in [0, 0.05) is 31.3 Å². The van der Waals surface area contributed by atoms with E-state index < -0.39 is 138 Å². The second-order valence-electron chi connectivity index (χ2n) is 23.0. The summed E-state index contributed by atoms with van der Waals surface area (Å²) in [6, 6.07) is -5.13. The molecule has 27 nitrogen and oxygen atoms in total. The summed E-state index contributed by atoms with van der Waals surface area (Å²) in [6.07, 6.45) is 3.68. The monoisotopic (exact) mass is 1180 g/mol. The number of nitrogens with zero attached hydrogens (tertiary/aromatic N) is 2. The van der Waals surface area contributed by atoms with E-state index in [0.717, 1.165) is 0 Å². The largest absolute Gasteiger partial charge is 0.508 e. The summed E-state index contributed by atoms with van der Waals surface area (Å²) < 4.78 is 0. The molecule has 0 fully saturated rings. The Morgan fingerprint density at radius 3 is 1.56 bits per heavy atom. The van der Waals surface area contributed by atoms with Crippen molar-refractivity contribution >= 4 is 65.1 Å². The van der Waals surface area contributed by atoms with E-state index in [4.69, 9.17) is 17.2 Å². The number of benzene rings is 1. The third kappa shape index (κ3) is 25.3. The number of H-pyrrole nitrogens is 1. The molecule has 9 amide bonds. The van der Waals surface area contributed by atoms with Crippen LogP contribution >= 0.6 is 0 Å². The fourth-order valence-electron chi connectivity index (χ4n) is 8.66. The molecule has 1 aromatic heterocycles. The van der Waals surface area contributed by atoms with Crippen LogP contribution in [-0.2, 0) is 60.8 Å². The van der Waals surface area contributed by atoms with Crippen LogP contribution in [0.5, 0.6) is 5.75 Å². The Kier molecular flexibility index (Phi) is 31.0. The minimum Gasteiger partial charge on any atom is -0.508 e. The molecule has 0 radical (unpaired) electrons. The lowest BCUT2D eigenvalue weighted by molar-refractivity contribution is -0.143. The predicted octanol–water partition coefficient (Wildman–Crippen LogP) is -0.143. The summed E-state index contributed by atoms with van der Waals surface area (Å²) in [5.41, 5.74) is 18.0. The number of carbonyl (C=O) groups is 10. The van der Waals surface area contributed by atoms with E-state index in [2.05, 4.69) is 62.8 Å². The number of nitrogens with one attached hydrogen (secondary N) is 10. The van der Waals surface area contributed by atoms with Crippen LogP contribution in [0.1, 0.15) is 133 Å². The van der Waals surface area contributed by atoms with E-state index in [0.29, 0.717) is 24.1 Å². The summed E-state index contributed by atoms with van der Waals surface area (Å²) in [4.78, 5) is 149. The first-order chi connectivity index (χ1) is 39.4. The number of carbonyl (C=O) groups excluding carboxylic acids is 9. The van der Waals surface area contributed by atoms with Crippen molar-refractivity contribution in [2.75, 3.05) is 13.1 Å². The van der Waals surface area contributed by atoms with Crippen LogP contribution in [0.3, 0.4) is 0 Å². The van der Waals surface area contributed by atoms with Crippen molar-refractivity contribution < 1.29 is 58.2 Å². The zero-order valence-corrected chi connectivity index (χ0v) is 50.8. The van der Waals surface area contributed by atoms with Crippen molar-refractivity contribution in [2.24, 2.45) is 57.7 Å². The van der Waals surface area contributed by atoms with Crippen molar-refractivity contribution in [3.63, 3.8) is 0 Å². The number of carboxylic acid groups (broad SMARTS) is 1. The van der Waals surface area contributed by atoms with Crippen molar-refractivity contribution in [1.29, 1.82) is 0 Å². The van der Waals surface area contributed by atoms with Gasteiger partial charge in [0.25, 0.3) is 0 Å². The number of guanidine groups is 1. The second kappa shape index (κ2) is 36.0. The fourth-order valence-corrected chi connectivity index (χ4v) is 8.66. The van der Waals surface area contributed by atoms with Crippen LogP contribution in [0, 0.1) is 35.5 Å². The average molecular weight is 1180 g/mol. The van der Waals surface area contributed by atoms with Gasteiger partial charge in [-0.1, -0.05) is 108 Å². The number of aromatic nitrogens is 2. The van der Waals surface area contributed by atoms with Crippen LogP contribution in [0.25, 0.3) is 0 Å². The van der Waals surface area contributed by atoms with Gasteiger partial charge in [0.05, 0.1) is 18.9 Å². The molecule has 0 spiro atoms. The molecule has 0 aliphatic rings. The number of rotatable bonds is 37. The van der Waals surface area contributed by atoms with Gasteiger partial charge in [-0.25, -0.2) is 9.78 Å². The molecule has 2 rings (SSSR count). The lowest BCUT2D eigenvalue weighted by Crippen LogP contribution is -2.61. The number of phenolic OH excluding ortho intramolecular Hbond substituents is 1. The zero-order valence-electron chi connectivity index (χ0n) is 50.8. The molecule has 1 aromatic carbocycles. The highest BCUT2D eigenvalue weighted by Crippen LogP contribution is 2.17. The molecule has 0 aliphatic heterocycles. The minimum absolute atomic E-state index is 0.0145. The van der Waals surface area contributed by atoms with Gasteiger partial charge < -0.3 is 80.2 Å². The Hall–Kier alpha value is -7.84. The number of imidazole rings is 1. The molecule has 0 unspecified atom stereocenters. The molecular formula is C57H95N15O12. The number of aliphatic carboxylic acids is 1. The second-order valence-corrected chi connectivity index (χ2v) is 23.0. The van der Waals surface area contributed by atoms with E-state index in [1.54, 1.807) is 81.4 Å². The molecule has 2 aromatic rings. The Bertz CT molecular complexity index is 2500. The Labute approximate surface area is 493 Å². The Morgan fingerprint density at radius 2 is 1.05 bits per heavy atom. The topological polar surface area (TPSA) is 439 Å². The van der Waals surface area contributed by atoms with Crippen LogP contribution in [0.2, 0.25) is 0 Å². The third-order valence-electron chi connectivity index (χ3n) is 14.2.